The zero-order valence-electron chi connectivity index (χ0n) is 8.93. The van der Waals surface area contributed by atoms with Gasteiger partial charge in [0.05, 0.1) is 0 Å². The number of carboxylic acids is 1. The molecule has 1 N–H and O–H groups in total. The molecule has 0 aromatic carbocycles. The summed E-state index contributed by atoms with van der Waals surface area (Å²) in [6.07, 6.45) is 6.85. The van der Waals surface area contributed by atoms with Gasteiger partial charge in [0.2, 0.25) is 0 Å². The fourth-order valence-corrected chi connectivity index (χ4v) is 2.48. The highest BCUT2D eigenvalue weighted by Crippen LogP contribution is 2.20. The van der Waals surface area contributed by atoms with E-state index in [0.29, 0.717) is 6.04 Å². The Hall–Kier alpha value is -1.03. The molecule has 2 aliphatic heterocycles. The van der Waals surface area contributed by atoms with Crippen molar-refractivity contribution in [3.63, 3.8) is 0 Å². The Bertz CT molecular complexity index is 265. The number of hydrogen-bond acceptors (Lipinski definition) is 3. The molecule has 4 nitrogen and oxygen atoms in total. The lowest BCUT2D eigenvalue weighted by atomic mass is 10.00. The van der Waals surface area contributed by atoms with Crippen molar-refractivity contribution in [1.29, 1.82) is 0 Å². The Morgan fingerprint density at radius 3 is 2.93 bits per heavy atom. The summed E-state index contributed by atoms with van der Waals surface area (Å²) in [6.45, 7) is 4.25. The lowest BCUT2D eigenvalue weighted by Crippen LogP contribution is -2.53. The first-order valence-electron chi connectivity index (χ1n) is 5.65. The van der Waals surface area contributed by atoms with Gasteiger partial charge in [0.15, 0.2) is 0 Å². The number of nitrogens with zero attached hydrogens (tertiary/aromatic N) is 2. The summed E-state index contributed by atoms with van der Waals surface area (Å²) in [6, 6.07) is 0.644. The lowest BCUT2D eigenvalue weighted by Gasteiger charge is -2.43. The summed E-state index contributed by atoms with van der Waals surface area (Å²) in [7, 11) is 0. The smallest absolute Gasteiger partial charge is 0.329 e. The summed E-state index contributed by atoms with van der Waals surface area (Å²) in [5.74, 6) is -0.860. The molecule has 0 spiro atoms. The second-order valence-corrected chi connectivity index (χ2v) is 4.33. The Labute approximate surface area is 90.2 Å². The number of carbonyl (C=O) groups is 1. The number of rotatable bonds is 2. The monoisotopic (exact) mass is 210 g/mol. The topological polar surface area (TPSA) is 43.8 Å². The van der Waals surface area contributed by atoms with Gasteiger partial charge in [-0.25, -0.2) is 4.79 Å². The van der Waals surface area contributed by atoms with E-state index in [0.717, 1.165) is 19.6 Å². The molecule has 1 atom stereocenters. The third kappa shape index (κ3) is 2.72. The predicted molar refractivity (Wildman–Crippen MR) is 57.6 cm³/mol. The molecule has 2 rings (SSSR count). The quantitative estimate of drug-likeness (QED) is 0.683. The van der Waals surface area contributed by atoms with Crippen molar-refractivity contribution in [3.8, 4) is 0 Å². The van der Waals surface area contributed by atoms with Crippen molar-refractivity contribution in [1.82, 2.24) is 9.80 Å². The van der Waals surface area contributed by atoms with Crippen molar-refractivity contribution in [2.24, 2.45) is 0 Å². The summed E-state index contributed by atoms with van der Waals surface area (Å²) < 4.78 is 0. The molecule has 1 unspecified atom stereocenters. The van der Waals surface area contributed by atoms with E-state index in [-0.39, 0.29) is 0 Å². The Morgan fingerprint density at radius 1 is 1.27 bits per heavy atom. The van der Waals surface area contributed by atoms with Crippen LogP contribution in [-0.4, -0.2) is 53.1 Å². The molecule has 0 saturated carbocycles. The van der Waals surface area contributed by atoms with Crippen molar-refractivity contribution in [2.45, 2.75) is 25.3 Å². The largest absolute Gasteiger partial charge is 0.478 e. The molecule has 2 fully saturated rings. The van der Waals surface area contributed by atoms with Gasteiger partial charge >= 0.3 is 5.97 Å². The van der Waals surface area contributed by atoms with Crippen LogP contribution in [0.5, 0.6) is 0 Å². The average Bonchev–Trinajstić information content (AvgIpc) is 2.26. The van der Waals surface area contributed by atoms with Gasteiger partial charge in [-0.3, -0.25) is 4.90 Å². The van der Waals surface area contributed by atoms with Crippen LogP contribution >= 0.6 is 0 Å². The number of carboxylic acid groups (broad SMARTS) is 1. The minimum atomic E-state index is -0.860. The van der Waals surface area contributed by atoms with E-state index in [4.69, 9.17) is 5.11 Å². The Kier molecular flexibility index (Phi) is 3.26. The van der Waals surface area contributed by atoms with Crippen LogP contribution in [0.2, 0.25) is 0 Å². The molecule has 0 amide bonds. The van der Waals surface area contributed by atoms with Crippen LogP contribution in [0, 0.1) is 0 Å². The van der Waals surface area contributed by atoms with Crippen LogP contribution in [0.3, 0.4) is 0 Å². The molecule has 0 aliphatic carbocycles. The molecule has 0 aromatic rings. The lowest BCUT2D eigenvalue weighted by molar-refractivity contribution is -0.131. The van der Waals surface area contributed by atoms with E-state index in [1.54, 1.807) is 6.20 Å². The second-order valence-electron chi connectivity index (χ2n) is 4.33. The van der Waals surface area contributed by atoms with Gasteiger partial charge < -0.3 is 10.0 Å². The summed E-state index contributed by atoms with van der Waals surface area (Å²) in [4.78, 5) is 15.1. The van der Waals surface area contributed by atoms with E-state index < -0.39 is 5.97 Å². The van der Waals surface area contributed by atoms with Crippen LogP contribution in [0.25, 0.3) is 0 Å². The number of fused-ring (bicyclic) bond motifs is 1. The predicted octanol–water partition coefficient (Wildman–Crippen LogP) is 0.755. The normalized spacial score (nSPS) is 28.0. The molecule has 15 heavy (non-hydrogen) atoms. The summed E-state index contributed by atoms with van der Waals surface area (Å²) >= 11 is 0. The van der Waals surface area contributed by atoms with Crippen molar-refractivity contribution < 1.29 is 9.90 Å². The molecule has 0 aromatic heterocycles. The minimum Gasteiger partial charge on any atom is -0.478 e. The van der Waals surface area contributed by atoms with Crippen LogP contribution in [0.1, 0.15) is 19.3 Å². The van der Waals surface area contributed by atoms with Gasteiger partial charge in [-0.1, -0.05) is 6.42 Å². The van der Waals surface area contributed by atoms with Gasteiger partial charge in [0, 0.05) is 38.0 Å². The summed E-state index contributed by atoms with van der Waals surface area (Å²) in [5.41, 5.74) is 0. The zero-order chi connectivity index (χ0) is 10.7. The SMILES string of the molecule is O=C(O)C=CN1CCN2CCCCC2C1. The van der Waals surface area contributed by atoms with Gasteiger partial charge in [-0.05, 0) is 19.4 Å². The maximum Gasteiger partial charge on any atom is 0.329 e. The molecule has 84 valence electrons. The third-order valence-corrected chi connectivity index (χ3v) is 3.30. The van der Waals surface area contributed by atoms with Crippen LogP contribution in [0.15, 0.2) is 12.3 Å². The molecule has 2 heterocycles. The molecule has 4 heteroatoms. The number of aliphatic carboxylic acids is 1. The van der Waals surface area contributed by atoms with Gasteiger partial charge in [0.1, 0.15) is 0 Å². The molecule has 0 radical (unpaired) electrons. The molecule has 2 aliphatic rings. The first-order valence-corrected chi connectivity index (χ1v) is 5.65. The van der Waals surface area contributed by atoms with Crippen LogP contribution < -0.4 is 0 Å². The Morgan fingerprint density at radius 2 is 2.13 bits per heavy atom. The van der Waals surface area contributed by atoms with E-state index in [1.807, 2.05) is 0 Å². The first kappa shape index (κ1) is 10.5. The highest BCUT2D eigenvalue weighted by Gasteiger charge is 2.27. The van der Waals surface area contributed by atoms with Crippen LogP contribution in [-0.2, 0) is 4.79 Å². The first-order chi connectivity index (χ1) is 7.25. The molecule has 2 saturated heterocycles. The third-order valence-electron chi connectivity index (χ3n) is 3.30. The second kappa shape index (κ2) is 4.66. The van der Waals surface area contributed by atoms with Crippen molar-refractivity contribution in [2.75, 3.05) is 26.2 Å². The number of piperazine rings is 1. The maximum atomic E-state index is 10.4. The standard InChI is InChI=1S/C11H18N2O2/c14-11(15)4-6-12-7-8-13-5-2-1-3-10(13)9-12/h4,6,10H,1-3,5,7-9H2,(H,14,15). The zero-order valence-corrected chi connectivity index (χ0v) is 8.93. The fourth-order valence-electron chi connectivity index (χ4n) is 2.48. The minimum absolute atomic E-state index is 0.644. The van der Waals surface area contributed by atoms with Gasteiger partial charge in [-0.15, -0.1) is 0 Å². The van der Waals surface area contributed by atoms with E-state index in [9.17, 15) is 4.79 Å². The number of hydrogen-bond donors (Lipinski definition) is 1. The Balaban J connectivity index is 1.88. The molecule has 0 bridgehead atoms. The van der Waals surface area contributed by atoms with Crippen molar-refractivity contribution in [3.05, 3.63) is 12.3 Å². The van der Waals surface area contributed by atoms with E-state index >= 15 is 0 Å². The summed E-state index contributed by atoms with van der Waals surface area (Å²) in [5, 5.41) is 8.55. The highest BCUT2D eigenvalue weighted by molar-refractivity contribution is 5.79. The van der Waals surface area contributed by atoms with Crippen molar-refractivity contribution >= 4 is 5.97 Å². The molecular formula is C11H18N2O2. The van der Waals surface area contributed by atoms with Gasteiger partial charge in [-0.2, -0.15) is 0 Å². The van der Waals surface area contributed by atoms with E-state index in [1.165, 1.54) is 31.9 Å². The maximum absolute atomic E-state index is 10.4. The van der Waals surface area contributed by atoms with Crippen LogP contribution in [0.4, 0.5) is 0 Å². The van der Waals surface area contributed by atoms with E-state index in [2.05, 4.69) is 9.80 Å². The number of piperidine rings is 1. The molecular weight excluding hydrogens is 192 g/mol. The fraction of sp³-hybridized carbons (Fsp3) is 0.727. The van der Waals surface area contributed by atoms with Gasteiger partial charge in [0.25, 0.3) is 0 Å². The highest BCUT2D eigenvalue weighted by atomic mass is 16.4. The average molecular weight is 210 g/mol.